The molecule has 2 aromatic rings. The van der Waals surface area contributed by atoms with Gasteiger partial charge in [0.15, 0.2) is 0 Å². The SMILES string of the molecule is CCCn1ncc(Cl)c1C(N)Cc1ccc(Cl)cc1. The fourth-order valence-corrected chi connectivity index (χ4v) is 2.51. The van der Waals surface area contributed by atoms with E-state index >= 15 is 0 Å². The van der Waals surface area contributed by atoms with Gasteiger partial charge in [0, 0.05) is 11.6 Å². The Morgan fingerprint density at radius 1 is 1.26 bits per heavy atom. The summed E-state index contributed by atoms with van der Waals surface area (Å²) >= 11 is 12.1. The maximum Gasteiger partial charge on any atom is 0.0834 e. The van der Waals surface area contributed by atoms with Gasteiger partial charge in [-0.3, -0.25) is 4.68 Å². The smallest absolute Gasteiger partial charge is 0.0834 e. The molecule has 3 nitrogen and oxygen atoms in total. The van der Waals surface area contributed by atoms with Crippen LogP contribution in [0.2, 0.25) is 10.0 Å². The number of nitrogens with two attached hydrogens (primary N) is 1. The first-order valence-electron chi connectivity index (χ1n) is 6.33. The Labute approximate surface area is 123 Å². The van der Waals surface area contributed by atoms with Gasteiger partial charge in [0.25, 0.3) is 0 Å². The summed E-state index contributed by atoms with van der Waals surface area (Å²) in [6.07, 6.45) is 3.37. The minimum absolute atomic E-state index is 0.164. The number of aryl methyl sites for hydroxylation is 1. The molecule has 1 atom stereocenters. The van der Waals surface area contributed by atoms with Crippen LogP contribution in [0.25, 0.3) is 0 Å². The Bertz CT molecular complexity index is 534. The maximum absolute atomic E-state index is 6.26. The standard InChI is InChI=1S/C14H17Cl2N3/c1-2-7-19-14(12(16)9-18-19)13(17)8-10-3-5-11(15)6-4-10/h3-6,9,13H,2,7-8,17H2,1H3. The number of nitrogens with zero attached hydrogens (tertiary/aromatic N) is 2. The predicted octanol–water partition coefficient (Wildman–Crippen LogP) is 3.84. The molecule has 0 aliphatic carbocycles. The van der Waals surface area contributed by atoms with E-state index in [1.165, 1.54) is 0 Å². The van der Waals surface area contributed by atoms with Crippen LogP contribution in [0.4, 0.5) is 0 Å². The van der Waals surface area contributed by atoms with Crippen molar-refractivity contribution in [3.8, 4) is 0 Å². The van der Waals surface area contributed by atoms with Crippen molar-refractivity contribution in [1.82, 2.24) is 9.78 Å². The first-order chi connectivity index (χ1) is 9.11. The molecular formula is C14H17Cl2N3. The molecule has 1 heterocycles. The Balaban J connectivity index is 2.17. The fourth-order valence-electron chi connectivity index (χ4n) is 2.10. The van der Waals surface area contributed by atoms with E-state index in [2.05, 4.69) is 12.0 Å². The van der Waals surface area contributed by atoms with E-state index in [1.807, 2.05) is 28.9 Å². The molecule has 0 saturated carbocycles. The lowest BCUT2D eigenvalue weighted by atomic mass is 10.0. The minimum atomic E-state index is -0.164. The van der Waals surface area contributed by atoms with E-state index in [0.29, 0.717) is 11.4 Å². The normalized spacial score (nSPS) is 12.6. The van der Waals surface area contributed by atoms with Crippen LogP contribution in [0.5, 0.6) is 0 Å². The van der Waals surface area contributed by atoms with Crippen molar-refractivity contribution < 1.29 is 0 Å². The summed E-state index contributed by atoms with van der Waals surface area (Å²) in [5.41, 5.74) is 8.30. The molecule has 0 saturated heterocycles. The van der Waals surface area contributed by atoms with Gasteiger partial charge in [0.2, 0.25) is 0 Å². The van der Waals surface area contributed by atoms with E-state index in [4.69, 9.17) is 28.9 Å². The number of hydrogen-bond donors (Lipinski definition) is 1. The van der Waals surface area contributed by atoms with E-state index in [0.717, 1.165) is 29.2 Å². The van der Waals surface area contributed by atoms with Gasteiger partial charge < -0.3 is 5.73 Å². The second-order valence-corrected chi connectivity index (χ2v) is 5.38. The topological polar surface area (TPSA) is 43.8 Å². The van der Waals surface area contributed by atoms with Crippen molar-refractivity contribution >= 4 is 23.2 Å². The fraction of sp³-hybridized carbons (Fsp3) is 0.357. The lowest BCUT2D eigenvalue weighted by Gasteiger charge is -2.15. The maximum atomic E-state index is 6.26. The van der Waals surface area contributed by atoms with Crippen molar-refractivity contribution in [1.29, 1.82) is 0 Å². The summed E-state index contributed by atoms with van der Waals surface area (Å²) in [5.74, 6) is 0. The zero-order valence-electron chi connectivity index (χ0n) is 10.8. The van der Waals surface area contributed by atoms with E-state index < -0.39 is 0 Å². The predicted molar refractivity (Wildman–Crippen MR) is 79.6 cm³/mol. The van der Waals surface area contributed by atoms with Gasteiger partial charge in [0.05, 0.1) is 23.0 Å². The highest BCUT2D eigenvalue weighted by Crippen LogP contribution is 2.24. The Morgan fingerprint density at radius 3 is 2.58 bits per heavy atom. The highest BCUT2D eigenvalue weighted by molar-refractivity contribution is 6.31. The molecule has 0 spiro atoms. The van der Waals surface area contributed by atoms with Crippen LogP contribution in [-0.2, 0) is 13.0 Å². The van der Waals surface area contributed by atoms with Crippen LogP contribution in [0.3, 0.4) is 0 Å². The highest BCUT2D eigenvalue weighted by atomic mass is 35.5. The van der Waals surface area contributed by atoms with Gasteiger partial charge in [0.1, 0.15) is 0 Å². The minimum Gasteiger partial charge on any atom is -0.322 e. The number of aromatic nitrogens is 2. The number of rotatable bonds is 5. The van der Waals surface area contributed by atoms with Crippen molar-refractivity contribution in [3.63, 3.8) is 0 Å². The van der Waals surface area contributed by atoms with Gasteiger partial charge >= 0.3 is 0 Å². The first kappa shape index (κ1) is 14.4. The lowest BCUT2D eigenvalue weighted by Crippen LogP contribution is -2.19. The Hall–Kier alpha value is -1.03. The van der Waals surface area contributed by atoms with Crippen LogP contribution in [0.1, 0.15) is 30.6 Å². The van der Waals surface area contributed by atoms with Gasteiger partial charge in [-0.25, -0.2) is 0 Å². The summed E-state index contributed by atoms with van der Waals surface area (Å²) < 4.78 is 1.89. The molecule has 1 unspecified atom stereocenters. The van der Waals surface area contributed by atoms with E-state index in [1.54, 1.807) is 6.20 Å². The molecule has 2 rings (SSSR count). The van der Waals surface area contributed by atoms with Crippen molar-refractivity contribution in [2.24, 2.45) is 5.73 Å². The summed E-state index contributed by atoms with van der Waals surface area (Å²) in [6.45, 7) is 2.93. The number of halogens is 2. The molecule has 0 amide bonds. The Morgan fingerprint density at radius 2 is 1.95 bits per heavy atom. The zero-order chi connectivity index (χ0) is 13.8. The highest BCUT2D eigenvalue weighted by Gasteiger charge is 2.17. The molecule has 2 N–H and O–H groups in total. The van der Waals surface area contributed by atoms with Crippen molar-refractivity contribution in [2.75, 3.05) is 0 Å². The molecular weight excluding hydrogens is 281 g/mol. The molecule has 0 radical (unpaired) electrons. The molecule has 102 valence electrons. The quantitative estimate of drug-likeness (QED) is 0.911. The molecule has 0 fully saturated rings. The third-order valence-corrected chi connectivity index (χ3v) is 3.53. The summed E-state index contributed by atoms with van der Waals surface area (Å²) in [4.78, 5) is 0. The average Bonchev–Trinajstić information content (AvgIpc) is 2.74. The van der Waals surface area contributed by atoms with Crippen molar-refractivity contribution in [2.45, 2.75) is 32.4 Å². The summed E-state index contributed by atoms with van der Waals surface area (Å²) in [7, 11) is 0. The molecule has 0 bridgehead atoms. The van der Waals surface area contributed by atoms with E-state index in [-0.39, 0.29) is 6.04 Å². The molecule has 5 heteroatoms. The van der Waals surface area contributed by atoms with Gasteiger partial charge in [-0.1, -0.05) is 42.3 Å². The average molecular weight is 298 g/mol. The molecule has 1 aromatic heterocycles. The largest absolute Gasteiger partial charge is 0.322 e. The first-order valence-corrected chi connectivity index (χ1v) is 7.08. The molecule has 1 aromatic carbocycles. The third-order valence-electron chi connectivity index (χ3n) is 2.99. The van der Waals surface area contributed by atoms with Crippen molar-refractivity contribution in [3.05, 3.63) is 51.8 Å². The third kappa shape index (κ3) is 3.50. The van der Waals surface area contributed by atoms with Crippen LogP contribution in [-0.4, -0.2) is 9.78 Å². The van der Waals surface area contributed by atoms with Crippen LogP contribution in [0.15, 0.2) is 30.5 Å². The number of hydrogen-bond acceptors (Lipinski definition) is 2. The second-order valence-electron chi connectivity index (χ2n) is 4.54. The van der Waals surface area contributed by atoms with Gasteiger partial charge in [-0.2, -0.15) is 5.10 Å². The van der Waals surface area contributed by atoms with Gasteiger partial charge in [-0.15, -0.1) is 0 Å². The van der Waals surface area contributed by atoms with Crippen LogP contribution in [0, 0.1) is 0 Å². The molecule has 19 heavy (non-hydrogen) atoms. The second kappa shape index (κ2) is 6.42. The lowest BCUT2D eigenvalue weighted by molar-refractivity contribution is 0.538. The summed E-state index contributed by atoms with van der Waals surface area (Å²) in [5, 5.41) is 5.63. The Kier molecular flexibility index (Phi) is 4.86. The monoisotopic (exact) mass is 297 g/mol. The van der Waals surface area contributed by atoms with E-state index in [9.17, 15) is 0 Å². The van der Waals surface area contributed by atoms with Gasteiger partial charge in [-0.05, 0) is 30.5 Å². The van der Waals surface area contributed by atoms with Crippen LogP contribution < -0.4 is 5.73 Å². The molecule has 0 aliphatic rings. The molecule has 0 aliphatic heterocycles. The zero-order valence-corrected chi connectivity index (χ0v) is 12.3. The summed E-state index contributed by atoms with van der Waals surface area (Å²) in [6, 6.07) is 7.54. The number of benzene rings is 1. The van der Waals surface area contributed by atoms with Crippen LogP contribution >= 0.6 is 23.2 Å².